The molecule has 8 heteroatoms. The molecule has 118 valence electrons. The number of aryl methyl sites for hydroxylation is 1. The summed E-state index contributed by atoms with van der Waals surface area (Å²) in [5.41, 5.74) is 6.04. The van der Waals surface area contributed by atoms with E-state index in [1.54, 1.807) is 19.2 Å². The first-order chi connectivity index (χ1) is 10.9. The lowest BCUT2D eigenvalue weighted by Gasteiger charge is -2.12. The number of rotatable bonds is 2. The van der Waals surface area contributed by atoms with Crippen molar-refractivity contribution in [2.75, 3.05) is 11.1 Å². The molecule has 0 atom stereocenters. The highest BCUT2D eigenvalue weighted by molar-refractivity contribution is 6.38. The van der Waals surface area contributed by atoms with Crippen molar-refractivity contribution in [3.8, 4) is 0 Å². The van der Waals surface area contributed by atoms with Crippen molar-refractivity contribution >= 4 is 51.2 Å². The van der Waals surface area contributed by atoms with Crippen molar-refractivity contribution in [2.24, 2.45) is 7.05 Å². The van der Waals surface area contributed by atoms with Crippen LogP contribution in [0, 0.1) is 5.82 Å². The lowest BCUT2D eigenvalue weighted by molar-refractivity contribution is 0.636. The van der Waals surface area contributed by atoms with E-state index in [2.05, 4.69) is 10.3 Å². The zero-order valence-electron chi connectivity index (χ0n) is 11.9. The maximum absolute atomic E-state index is 14.1. The van der Waals surface area contributed by atoms with Crippen molar-refractivity contribution in [3.05, 3.63) is 56.8 Å². The summed E-state index contributed by atoms with van der Waals surface area (Å²) in [5, 5.41) is 3.49. The highest BCUT2D eigenvalue weighted by atomic mass is 35.5. The second-order valence-electron chi connectivity index (χ2n) is 4.96. The van der Waals surface area contributed by atoms with E-state index < -0.39 is 5.82 Å². The monoisotopic (exact) mass is 352 g/mol. The van der Waals surface area contributed by atoms with Gasteiger partial charge < -0.3 is 15.6 Å². The Hall–Kier alpha value is -2.31. The third-order valence-electron chi connectivity index (χ3n) is 3.36. The van der Waals surface area contributed by atoms with Crippen molar-refractivity contribution in [1.82, 2.24) is 9.55 Å². The first kappa shape index (κ1) is 15.6. The van der Waals surface area contributed by atoms with E-state index in [9.17, 15) is 9.18 Å². The molecule has 0 spiro atoms. The van der Waals surface area contributed by atoms with Crippen LogP contribution in [0.3, 0.4) is 0 Å². The Balaban J connectivity index is 2.17. The van der Waals surface area contributed by atoms with Crippen LogP contribution >= 0.6 is 23.2 Å². The Morgan fingerprint density at radius 1 is 1.26 bits per heavy atom. The van der Waals surface area contributed by atoms with Crippen LogP contribution in [-0.2, 0) is 7.05 Å². The molecular formula is C15H11Cl2FN4O. The minimum absolute atomic E-state index is 0.0666. The molecule has 1 heterocycles. The molecule has 2 aromatic carbocycles. The summed E-state index contributed by atoms with van der Waals surface area (Å²) in [6.45, 7) is 0. The number of fused-ring (bicyclic) bond motifs is 1. The summed E-state index contributed by atoms with van der Waals surface area (Å²) in [6.07, 6.45) is 1.41. The smallest absolute Gasteiger partial charge is 0.262 e. The molecule has 3 N–H and O–H groups in total. The van der Waals surface area contributed by atoms with Crippen LogP contribution in [0.4, 0.5) is 21.5 Å². The zero-order chi connectivity index (χ0) is 16.7. The van der Waals surface area contributed by atoms with Gasteiger partial charge >= 0.3 is 0 Å². The predicted octanol–water partition coefficient (Wildman–Crippen LogP) is 3.71. The first-order valence-electron chi connectivity index (χ1n) is 6.54. The number of aromatic nitrogens is 2. The molecule has 0 aliphatic carbocycles. The highest BCUT2D eigenvalue weighted by Crippen LogP contribution is 2.33. The van der Waals surface area contributed by atoms with Crippen LogP contribution in [0.1, 0.15) is 0 Å². The number of nitrogen functional groups attached to an aromatic ring is 1. The summed E-state index contributed by atoms with van der Waals surface area (Å²) in [7, 11) is 1.57. The van der Waals surface area contributed by atoms with Gasteiger partial charge in [0.1, 0.15) is 0 Å². The Kier molecular flexibility index (Phi) is 3.87. The molecule has 5 nitrogen and oxygen atoms in total. The molecule has 0 aliphatic heterocycles. The van der Waals surface area contributed by atoms with Gasteiger partial charge in [0.15, 0.2) is 5.82 Å². The standard InChI is InChI=1S/C15H11Cl2FN4O/c1-22-6-20-9-2-3-10(13(17)12(9)15(22)23)21-11-5-7(16)4-8(19)14(11)18/h2-6,21H,19H2,1H3. The van der Waals surface area contributed by atoms with Gasteiger partial charge in [-0.15, -0.1) is 0 Å². The third kappa shape index (κ3) is 2.71. The largest absolute Gasteiger partial charge is 0.396 e. The quantitative estimate of drug-likeness (QED) is 0.689. The van der Waals surface area contributed by atoms with E-state index in [1.165, 1.54) is 23.0 Å². The van der Waals surface area contributed by atoms with E-state index in [0.29, 0.717) is 11.2 Å². The number of anilines is 3. The molecule has 1 aromatic heterocycles. The molecule has 0 radical (unpaired) electrons. The summed E-state index contributed by atoms with van der Waals surface area (Å²) in [4.78, 5) is 16.4. The minimum atomic E-state index is -0.648. The van der Waals surface area contributed by atoms with Gasteiger partial charge in [0.25, 0.3) is 5.56 Å². The molecule has 0 amide bonds. The average Bonchev–Trinajstić information content (AvgIpc) is 2.50. The van der Waals surface area contributed by atoms with Gasteiger partial charge in [-0.1, -0.05) is 23.2 Å². The molecule has 0 bridgehead atoms. The molecule has 0 aliphatic rings. The lowest BCUT2D eigenvalue weighted by Crippen LogP contribution is -2.17. The summed E-state index contributed by atoms with van der Waals surface area (Å²) < 4.78 is 15.4. The number of nitrogens with one attached hydrogen (secondary N) is 1. The van der Waals surface area contributed by atoms with Crippen LogP contribution in [0.15, 0.2) is 35.4 Å². The molecule has 0 fully saturated rings. The van der Waals surface area contributed by atoms with Gasteiger partial charge in [0.05, 0.1) is 39.3 Å². The molecule has 3 aromatic rings. The van der Waals surface area contributed by atoms with Crippen LogP contribution in [0.2, 0.25) is 10.0 Å². The van der Waals surface area contributed by atoms with Crippen molar-refractivity contribution in [3.63, 3.8) is 0 Å². The maximum Gasteiger partial charge on any atom is 0.262 e. The molecule has 23 heavy (non-hydrogen) atoms. The number of benzene rings is 2. The second kappa shape index (κ2) is 5.72. The Bertz CT molecular complexity index is 987. The van der Waals surface area contributed by atoms with Gasteiger partial charge in [0, 0.05) is 12.1 Å². The molecule has 0 saturated carbocycles. The Morgan fingerprint density at radius 3 is 2.74 bits per heavy atom. The van der Waals surface area contributed by atoms with Crippen molar-refractivity contribution in [2.45, 2.75) is 0 Å². The number of hydrogen-bond acceptors (Lipinski definition) is 4. The second-order valence-corrected chi connectivity index (χ2v) is 5.78. The van der Waals surface area contributed by atoms with E-state index in [-0.39, 0.29) is 32.4 Å². The van der Waals surface area contributed by atoms with E-state index in [1.807, 2.05) is 0 Å². The van der Waals surface area contributed by atoms with Gasteiger partial charge in [-0.2, -0.15) is 0 Å². The fourth-order valence-electron chi connectivity index (χ4n) is 2.20. The number of halogens is 3. The fourth-order valence-corrected chi connectivity index (χ4v) is 2.71. The van der Waals surface area contributed by atoms with Crippen molar-refractivity contribution < 1.29 is 4.39 Å². The Labute approximate surface area is 140 Å². The van der Waals surface area contributed by atoms with E-state index in [4.69, 9.17) is 28.9 Å². The van der Waals surface area contributed by atoms with Crippen LogP contribution in [0.5, 0.6) is 0 Å². The highest BCUT2D eigenvalue weighted by Gasteiger charge is 2.14. The number of nitrogens with two attached hydrogens (primary N) is 1. The molecule has 0 unspecified atom stereocenters. The molecule has 3 rings (SSSR count). The number of nitrogens with zero attached hydrogens (tertiary/aromatic N) is 2. The topological polar surface area (TPSA) is 72.9 Å². The molecular weight excluding hydrogens is 342 g/mol. The lowest BCUT2D eigenvalue weighted by atomic mass is 10.2. The minimum Gasteiger partial charge on any atom is -0.396 e. The predicted molar refractivity (Wildman–Crippen MR) is 91.1 cm³/mol. The summed E-state index contributed by atoms with van der Waals surface area (Å²) in [6, 6.07) is 5.92. The number of hydrogen-bond donors (Lipinski definition) is 2. The maximum atomic E-state index is 14.1. The fraction of sp³-hybridized carbons (Fsp3) is 0.0667. The SMILES string of the molecule is Cn1cnc2ccc(Nc3cc(Cl)cc(N)c3F)c(Cl)c2c1=O. The zero-order valence-corrected chi connectivity index (χ0v) is 13.4. The van der Waals surface area contributed by atoms with Gasteiger partial charge in [-0.05, 0) is 24.3 Å². The van der Waals surface area contributed by atoms with Gasteiger partial charge in [0.2, 0.25) is 0 Å². The van der Waals surface area contributed by atoms with Crippen LogP contribution < -0.4 is 16.6 Å². The average molecular weight is 353 g/mol. The summed E-state index contributed by atoms with van der Waals surface area (Å²) >= 11 is 12.2. The van der Waals surface area contributed by atoms with E-state index in [0.717, 1.165) is 0 Å². The van der Waals surface area contributed by atoms with Gasteiger partial charge in [-0.25, -0.2) is 9.37 Å². The normalized spacial score (nSPS) is 11.0. The molecule has 0 saturated heterocycles. The van der Waals surface area contributed by atoms with Crippen LogP contribution in [0.25, 0.3) is 10.9 Å². The first-order valence-corrected chi connectivity index (χ1v) is 7.29. The Morgan fingerprint density at radius 2 is 2.00 bits per heavy atom. The van der Waals surface area contributed by atoms with Crippen molar-refractivity contribution in [1.29, 1.82) is 0 Å². The van der Waals surface area contributed by atoms with Gasteiger partial charge in [-0.3, -0.25) is 4.79 Å². The van der Waals surface area contributed by atoms with Crippen LogP contribution in [-0.4, -0.2) is 9.55 Å². The van der Waals surface area contributed by atoms with E-state index >= 15 is 0 Å². The summed E-state index contributed by atoms with van der Waals surface area (Å²) in [5.74, 6) is -0.648. The third-order valence-corrected chi connectivity index (χ3v) is 3.97.